The van der Waals surface area contributed by atoms with Gasteiger partial charge < -0.3 is 0 Å². The van der Waals surface area contributed by atoms with E-state index in [1.165, 1.54) is 11.8 Å². The van der Waals surface area contributed by atoms with Gasteiger partial charge in [-0.1, -0.05) is 25.6 Å². The van der Waals surface area contributed by atoms with Crippen LogP contribution in [0.1, 0.15) is 13.8 Å². The summed E-state index contributed by atoms with van der Waals surface area (Å²) < 4.78 is 0. The summed E-state index contributed by atoms with van der Waals surface area (Å²) in [7, 11) is 0. The van der Waals surface area contributed by atoms with E-state index in [1.54, 1.807) is 0 Å². The molecule has 1 heterocycles. The number of nitrogens with two attached hydrogens (primary N) is 1. The van der Waals surface area contributed by atoms with Crippen LogP contribution < -0.4 is 11.3 Å². The lowest BCUT2D eigenvalue weighted by Gasteiger charge is -2.05. The molecule has 3 N–H and O–H groups in total. The van der Waals surface area contributed by atoms with Crippen LogP contribution in [0.15, 0.2) is 11.2 Å². The molecule has 1 aromatic heterocycles. The predicted octanol–water partition coefficient (Wildman–Crippen LogP) is 1.17. The van der Waals surface area contributed by atoms with E-state index < -0.39 is 4.92 Å². The molecule has 1 aromatic rings. The van der Waals surface area contributed by atoms with Gasteiger partial charge >= 0.3 is 5.69 Å². The van der Waals surface area contributed by atoms with Gasteiger partial charge in [0.1, 0.15) is 6.20 Å². The van der Waals surface area contributed by atoms with Gasteiger partial charge in [-0.05, 0) is 0 Å². The quantitative estimate of drug-likeness (QED) is 0.262. The Morgan fingerprint density at radius 2 is 2.33 bits per heavy atom. The Kier molecular flexibility index (Phi) is 3.81. The summed E-state index contributed by atoms with van der Waals surface area (Å²) in [5.74, 6) is 5.29. The molecule has 1 rings (SSSR count). The number of anilines is 1. The minimum atomic E-state index is -0.509. The third-order valence-corrected chi connectivity index (χ3v) is 2.40. The lowest BCUT2D eigenvalue weighted by Crippen LogP contribution is -2.11. The fourth-order valence-electron chi connectivity index (χ4n) is 0.865. The van der Waals surface area contributed by atoms with Crippen molar-refractivity contribution in [2.45, 2.75) is 24.1 Å². The summed E-state index contributed by atoms with van der Waals surface area (Å²) in [6, 6.07) is 0. The fraction of sp³-hybridized carbons (Fsp3) is 0.429. The molecule has 8 heteroatoms. The monoisotopic (exact) mass is 229 g/mol. The van der Waals surface area contributed by atoms with Crippen molar-refractivity contribution in [1.82, 2.24) is 9.97 Å². The van der Waals surface area contributed by atoms with Crippen LogP contribution in [-0.4, -0.2) is 20.1 Å². The summed E-state index contributed by atoms with van der Waals surface area (Å²) in [6.45, 7) is 3.85. The zero-order valence-electron chi connectivity index (χ0n) is 8.30. The van der Waals surface area contributed by atoms with E-state index in [4.69, 9.17) is 5.84 Å². The number of hydrazine groups is 1. The van der Waals surface area contributed by atoms with Crippen molar-refractivity contribution in [3.8, 4) is 0 Å². The molecule has 0 radical (unpaired) electrons. The Bertz CT molecular complexity index is 370. The molecule has 0 atom stereocenters. The van der Waals surface area contributed by atoms with Crippen molar-refractivity contribution >= 4 is 23.4 Å². The van der Waals surface area contributed by atoms with Crippen LogP contribution in [0.25, 0.3) is 0 Å². The molecule has 0 spiro atoms. The number of nitrogens with one attached hydrogen (secondary N) is 1. The first kappa shape index (κ1) is 11.7. The lowest BCUT2D eigenvalue weighted by atomic mass is 10.5. The maximum absolute atomic E-state index is 10.7. The molecule has 0 aliphatic heterocycles. The van der Waals surface area contributed by atoms with Gasteiger partial charge in [-0.2, -0.15) is 4.98 Å². The number of nitrogen functional groups attached to an aromatic ring is 1. The van der Waals surface area contributed by atoms with Gasteiger partial charge in [-0.25, -0.2) is 10.8 Å². The van der Waals surface area contributed by atoms with Crippen LogP contribution in [0.5, 0.6) is 0 Å². The van der Waals surface area contributed by atoms with Crippen molar-refractivity contribution in [3.05, 3.63) is 16.3 Å². The highest BCUT2D eigenvalue weighted by atomic mass is 32.2. The number of hydrogen-bond donors (Lipinski definition) is 2. The van der Waals surface area contributed by atoms with E-state index in [1.807, 2.05) is 13.8 Å². The van der Waals surface area contributed by atoms with Crippen LogP contribution in [0.4, 0.5) is 11.6 Å². The van der Waals surface area contributed by atoms with Crippen molar-refractivity contribution in [3.63, 3.8) is 0 Å². The minimum Gasteiger partial charge on any atom is -0.292 e. The van der Waals surface area contributed by atoms with E-state index in [-0.39, 0.29) is 16.9 Å². The molecule has 7 nitrogen and oxygen atoms in total. The number of aromatic nitrogens is 2. The molecule has 0 bridgehead atoms. The van der Waals surface area contributed by atoms with Crippen LogP contribution in [0.3, 0.4) is 0 Å². The Balaban J connectivity index is 3.10. The summed E-state index contributed by atoms with van der Waals surface area (Å²) in [5.41, 5.74) is 2.14. The SMILES string of the molecule is CC(C)Sc1nc(NN)ncc1[N+](=O)[O-]. The first-order valence-corrected chi connectivity index (χ1v) is 5.07. The van der Waals surface area contributed by atoms with Crippen LogP contribution >= 0.6 is 11.8 Å². The highest BCUT2D eigenvalue weighted by Gasteiger charge is 2.18. The molecule has 0 saturated carbocycles. The molecule has 0 saturated heterocycles. The van der Waals surface area contributed by atoms with Gasteiger partial charge in [0, 0.05) is 5.25 Å². The minimum absolute atomic E-state index is 0.104. The zero-order chi connectivity index (χ0) is 11.4. The van der Waals surface area contributed by atoms with Gasteiger partial charge in [-0.3, -0.25) is 15.5 Å². The normalized spacial score (nSPS) is 10.4. The molecular formula is C7H11N5O2S. The molecule has 0 amide bonds. The van der Waals surface area contributed by atoms with Gasteiger partial charge in [0.2, 0.25) is 5.95 Å². The van der Waals surface area contributed by atoms with E-state index >= 15 is 0 Å². The Labute approximate surface area is 90.6 Å². The average molecular weight is 229 g/mol. The van der Waals surface area contributed by atoms with E-state index in [0.717, 1.165) is 6.20 Å². The predicted molar refractivity (Wildman–Crippen MR) is 57.5 cm³/mol. The van der Waals surface area contributed by atoms with Gasteiger partial charge in [-0.15, -0.1) is 0 Å². The van der Waals surface area contributed by atoms with E-state index in [0.29, 0.717) is 5.03 Å². The van der Waals surface area contributed by atoms with Gasteiger partial charge in [0.15, 0.2) is 5.03 Å². The second-order valence-electron chi connectivity index (χ2n) is 2.95. The highest BCUT2D eigenvalue weighted by Crippen LogP contribution is 2.29. The third kappa shape index (κ3) is 3.03. The highest BCUT2D eigenvalue weighted by molar-refractivity contribution is 7.99. The Morgan fingerprint density at radius 3 is 2.80 bits per heavy atom. The lowest BCUT2D eigenvalue weighted by molar-refractivity contribution is -0.388. The van der Waals surface area contributed by atoms with Crippen molar-refractivity contribution in [2.75, 3.05) is 5.43 Å². The maximum atomic E-state index is 10.7. The molecular weight excluding hydrogens is 218 g/mol. The number of nitro groups is 1. The smallest absolute Gasteiger partial charge is 0.292 e. The number of hydrogen-bond acceptors (Lipinski definition) is 7. The number of nitrogens with zero attached hydrogens (tertiary/aromatic N) is 3. The Morgan fingerprint density at radius 1 is 1.67 bits per heavy atom. The standard InChI is InChI=1S/C7H11N5O2S/c1-4(2)15-6-5(12(13)14)3-9-7(10-6)11-8/h3-4H,8H2,1-2H3,(H,9,10,11). The molecule has 0 fully saturated rings. The molecule has 0 unspecified atom stereocenters. The van der Waals surface area contributed by atoms with Crippen molar-refractivity contribution in [1.29, 1.82) is 0 Å². The van der Waals surface area contributed by atoms with Crippen molar-refractivity contribution in [2.24, 2.45) is 5.84 Å². The maximum Gasteiger partial charge on any atom is 0.319 e. The topological polar surface area (TPSA) is 107 Å². The molecule has 0 aromatic carbocycles. The van der Waals surface area contributed by atoms with Gasteiger partial charge in [0.25, 0.3) is 0 Å². The number of rotatable bonds is 4. The van der Waals surface area contributed by atoms with Crippen molar-refractivity contribution < 1.29 is 4.92 Å². The molecule has 82 valence electrons. The van der Waals surface area contributed by atoms with Gasteiger partial charge in [0.05, 0.1) is 4.92 Å². The summed E-state index contributed by atoms with van der Waals surface area (Å²) in [6.07, 6.45) is 1.15. The fourth-order valence-corrected chi connectivity index (χ4v) is 1.70. The summed E-state index contributed by atoms with van der Waals surface area (Å²) >= 11 is 1.29. The number of thioether (sulfide) groups is 1. The Hall–Kier alpha value is -1.41. The van der Waals surface area contributed by atoms with Crippen LogP contribution in [0.2, 0.25) is 0 Å². The van der Waals surface area contributed by atoms with E-state index in [9.17, 15) is 10.1 Å². The first-order chi connectivity index (χ1) is 7.04. The largest absolute Gasteiger partial charge is 0.319 e. The third-order valence-electron chi connectivity index (χ3n) is 1.41. The zero-order valence-corrected chi connectivity index (χ0v) is 9.11. The van der Waals surface area contributed by atoms with E-state index in [2.05, 4.69) is 15.4 Å². The second kappa shape index (κ2) is 4.89. The van der Waals surface area contributed by atoms with Crippen LogP contribution in [0, 0.1) is 10.1 Å². The second-order valence-corrected chi connectivity index (χ2v) is 4.52. The summed E-state index contributed by atoms with van der Waals surface area (Å²) in [5, 5.41) is 11.2. The average Bonchev–Trinajstić information content (AvgIpc) is 2.16. The molecule has 15 heavy (non-hydrogen) atoms. The van der Waals surface area contributed by atoms with Crippen LogP contribution in [-0.2, 0) is 0 Å². The molecule has 0 aliphatic carbocycles. The molecule has 0 aliphatic rings. The first-order valence-electron chi connectivity index (χ1n) is 4.19. The summed E-state index contributed by atoms with van der Waals surface area (Å²) in [4.78, 5) is 17.8.